The van der Waals surface area contributed by atoms with Crippen molar-refractivity contribution in [3.63, 3.8) is 0 Å². The molecule has 1 aromatic heterocycles. The van der Waals surface area contributed by atoms with Crippen LogP contribution < -0.4 is 4.74 Å². The number of ether oxygens (including phenoxy) is 2. The molecule has 0 saturated heterocycles. The summed E-state index contributed by atoms with van der Waals surface area (Å²) >= 11 is 0. The van der Waals surface area contributed by atoms with E-state index in [0.717, 1.165) is 53.6 Å². The standard InChI is InChI=1S/C28H29NO4/c1-2-32-28(31)9-5-3-4-8-27(25-7-6-18-29-19-25)24-14-16-26(17-15-24)33-21-23-12-10-22(20-30)11-13-23/h6-8,10-20H,2-5,9,21H2,1H3/b27-8+. The van der Waals surface area contributed by atoms with E-state index in [0.29, 0.717) is 25.2 Å². The van der Waals surface area contributed by atoms with E-state index in [-0.39, 0.29) is 5.97 Å². The van der Waals surface area contributed by atoms with Gasteiger partial charge in [-0.2, -0.15) is 0 Å². The SMILES string of the molecule is CCOC(=O)CCCC/C=C(\c1ccc(OCc2ccc(C=O)cc2)cc1)c1cccnc1. The Morgan fingerprint density at radius 3 is 2.42 bits per heavy atom. The topological polar surface area (TPSA) is 65.5 Å². The van der Waals surface area contributed by atoms with Gasteiger partial charge in [0.25, 0.3) is 0 Å². The predicted molar refractivity (Wildman–Crippen MR) is 129 cm³/mol. The number of hydrogen-bond acceptors (Lipinski definition) is 5. The lowest BCUT2D eigenvalue weighted by Gasteiger charge is -2.11. The summed E-state index contributed by atoms with van der Waals surface area (Å²) in [6.45, 7) is 2.68. The molecule has 3 aromatic rings. The molecule has 0 radical (unpaired) electrons. The van der Waals surface area contributed by atoms with Gasteiger partial charge < -0.3 is 9.47 Å². The van der Waals surface area contributed by atoms with Gasteiger partial charge in [-0.25, -0.2) is 0 Å². The quantitative estimate of drug-likeness (QED) is 0.194. The van der Waals surface area contributed by atoms with E-state index in [1.165, 1.54) is 0 Å². The number of unbranched alkanes of at least 4 members (excludes halogenated alkanes) is 2. The van der Waals surface area contributed by atoms with Gasteiger partial charge in [-0.3, -0.25) is 14.6 Å². The second-order valence-electron chi connectivity index (χ2n) is 7.58. The fourth-order valence-corrected chi connectivity index (χ4v) is 3.41. The van der Waals surface area contributed by atoms with E-state index in [1.54, 1.807) is 18.3 Å². The van der Waals surface area contributed by atoms with Crippen LogP contribution in [0.25, 0.3) is 5.57 Å². The zero-order valence-corrected chi connectivity index (χ0v) is 18.9. The van der Waals surface area contributed by atoms with Crippen LogP contribution in [0, 0.1) is 0 Å². The van der Waals surface area contributed by atoms with Crippen LogP contribution in [-0.2, 0) is 16.1 Å². The Balaban J connectivity index is 1.63. The highest BCUT2D eigenvalue weighted by Crippen LogP contribution is 2.26. The summed E-state index contributed by atoms with van der Waals surface area (Å²) in [5, 5.41) is 0. The Morgan fingerprint density at radius 1 is 0.970 bits per heavy atom. The van der Waals surface area contributed by atoms with E-state index in [1.807, 2.05) is 61.7 Å². The number of carbonyl (C=O) groups is 2. The summed E-state index contributed by atoms with van der Waals surface area (Å²) in [5.74, 6) is 0.641. The molecule has 3 rings (SSSR count). The fourth-order valence-electron chi connectivity index (χ4n) is 3.41. The molecule has 5 heteroatoms. The third-order valence-electron chi connectivity index (χ3n) is 5.15. The monoisotopic (exact) mass is 443 g/mol. The Labute approximate surface area is 195 Å². The van der Waals surface area contributed by atoms with Gasteiger partial charge in [-0.1, -0.05) is 48.5 Å². The summed E-state index contributed by atoms with van der Waals surface area (Å²) in [7, 11) is 0. The van der Waals surface area contributed by atoms with Crippen LogP contribution in [0.2, 0.25) is 0 Å². The van der Waals surface area contributed by atoms with Crippen LogP contribution in [0.15, 0.2) is 79.1 Å². The zero-order chi connectivity index (χ0) is 23.3. The second kappa shape index (κ2) is 13.0. The minimum atomic E-state index is -0.135. The van der Waals surface area contributed by atoms with E-state index in [4.69, 9.17) is 9.47 Å². The largest absolute Gasteiger partial charge is 0.489 e. The van der Waals surface area contributed by atoms with Crippen LogP contribution >= 0.6 is 0 Å². The molecular weight excluding hydrogens is 414 g/mol. The maximum atomic E-state index is 11.5. The molecule has 0 bridgehead atoms. The van der Waals surface area contributed by atoms with Crippen molar-refractivity contribution in [2.24, 2.45) is 0 Å². The zero-order valence-electron chi connectivity index (χ0n) is 18.9. The number of aromatic nitrogens is 1. The second-order valence-corrected chi connectivity index (χ2v) is 7.58. The third-order valence-corrected chi connectivity index (χ3v) is 5.15. The maximum Gasteiger partial charge on any atom is 0.305 e. The summed E-state index contributed by atoms with van der Waals surface area (Å²) in [6, 6.07) is 19.3. The molecule has 0 spiro atoms. The van der Waals surface area contributed by atoms with Crippen LogP contribution in [0.3, 0.4) is 0 Å². The van der Waals surface area contributed by atoms with E-state index < -0.39 is 0 Å². The molecule has 0 unspecified atom stereocenters. The van der Waals surface area contributed by atoms with Gasteiger partial charge in [0.05, 0.1) is 6.61 Å². The number of hydrogen-bond donors (Lipinski definition) is 0. The molecule has 0 aliphatic heterocycles. The van der Waals surface area contributed by atoms with Gasteiger partial charge in [0, 0.05) is 29.9 Å². The number of nitrogens with zero attached hydrogens (tertiary/aromatic N) is 1. The summed E-state index contributed by atoms with van der Waals surface area (Å²) in [5.41, 5.74) is 4.89. The van der Waals surface area contributed by atoms with E-state index >= 15 is 0 Å². The fraction of sp³-hybridized carbons (Fsp3) is 0.250. The average Bonchev–Trinajstić information content (AvgIpc) is 2.86. The molecule has 0 N–H and O–H groups in total. The van der Waals surface area contributed by atoms with Crippen molar-refractivity contribution in [1.82, 2.24) is 4.98 Å². The number of carbonyl (C=O) groups excluding carboxylic acids is 2. The molecule has 0 aliphatic carbocycles. The normalized spacial score (nSPS) is 11.1. The lowest BCUT2D eigenvalue weighted by Crippen LogP contribution is -2.02. The Hall–Kier alpha value is -3.73. The molecule has 33 heavy (non-hydrogen) atoms. The van der Waals surface area contributed by atoms with Crippen molar-refractivity contribution in [1.29, 1.82) is 0 Å². The van der Waals surface area contributed by atoms with Gasteiger partial charge in [-0.05, 0) is 61.1 Å². The van der Waals surface area contributed by atoms with Gasteiger partial charge >= 0.3 is 5.97 Å². The Bertz CT molecular complexity index is 1040. The first-order chi connectivity index (χ1) is 16.2. The molecule has 0 saturated carbocycles. The number of allylic oxidation sites excluding steroid dienone is 1. The van der Waals surface area contributed by atoms with Crippen molar-refractivity contribution in [3.8, 4) is 5.75 Å². The minimum Gasteiger partial charge on any atom is -0.489 e. The summed E-state index contributed by atoms with van der Waals surface area (Å²) in [6.07, 6.45) is 9.68. The Kier molecular flexibility index (Phi) is 9.40. The van der Waals surface area contributed by atoms with Crippen molar-refractivity contribution in [3.05, 3.63) is 101 Å². The molecular formula is C28H29NO4. The van der Waals surface area contributed by atoms with Crippen molar-refractivity contribution in [2.75, 3.05) is 6.61 Å². The molecule has 0 amide bonds. The van der Waals surface area contributed by atoms with Crippen LogP contribution in [0.1, 0.15) is 59.7 Å². The minimum absolute atomic E-state index is 0.135. The lowest BCUT2D eigenvalue weighted by molar-refractivity contribution is -0.143. The van der Waals surface area contributed by atoms with Gasteiger partial charge in [0.15, 0.2) is 0 Å². The van der Waals surface area contributed by atoms with Gasteiger partial charge in [0.1, 0.15) is 18.6 Å². The number of aldehydes is 1. The summed E-state index contributed by atoms with van der Waals surface area (Å²) in [4.78, 5) is 26.6. The molecule has 170 valence electrons. The lowest BCUT2D eigenvalue weighted by atomic mass is 9.97. The summed E-state index contributed by atoms with van der Waals surface area (Å²) < 4.78 is 10.9. The molecule has 2 aromatic carbocycles. The van der Waals surface area contributed by atoms with Crippen molar-refractivity contribution >= 4 is 17.8 Å². The van der Waals surface area contributed by atoms with E-state index in [9.17, 15) is 9.59 Å². The average molecular weight is 444 g/mol. The molecule has 0 fully saturated rings. The van der Waals surface area contributed by atoms with E-state index in [2.05, 4.69) is 11.1 Å². The van der Waals surface area contributed by atoms with Gasteiger partial charge in [-0.15, -0.1) is 0 Å². The highest BCUT2D eigenvalue weighted by Gasteiger charge is 2.07. The molecule has 0 aliphatic rings. The molecule has 1 heterocycles. The van der Waals surface area contributed by atoms with Gasteiger partial charge in [0.2, 0.25) is 0 Å². The third kappa shape index (κ3) is 7.72. The first-order valence-corrected chi connectivity index (χ1v) is 11.2. The number of rotatable bonds is 12. The molecule has 5 nitrogen and oxygen atoms in total. The molecule has 0 atom stereocenters. The number of pyridine rings is 1. The Morgan fingerprint density at radius 2 is 1.76 bits per heavy atom. The van der Waals surface area contributed by atoms with Crippen LogP contribution in [-0.4, -0.2) is 23.8 Å². The maximum absolute atomic E-state index is 11.5. The first-order valence-electron chi connectivity index (χ1n) is 11.2. The predicted octanol–water partition coefficient (Wildman–Crippen LogP) is 6.03. The van der Waals surface area contributed by atoms with Crippen molar-refractivity contribution < 1.29 is 19.1 Å². The van der Waals surface area contributed by atoms with Crippen LogP contribution in [0.5, 0.6) is 5.75 Å². The number of esters is 1. The highest BCUT2D eigenvalue weighted by atomic mass is 16.5. The smallest absolute Gasteiger partial charge is 0.305 e. The van der Waals surface area contributed by atoms with Crippen molar-refractivity contribution in [2.45, 2.75) is 39.2 Å². The number of benzene rings is 2. The van der Waals surface area contributed by atoms with Crippen LogP contribution in [0.4, 0.5) is 0 Å². The first kappa shape index (κ1) is 23.9. The highest BCUT2D eigenvalue weighted by molar-refractivity contribution is 5.79.